The minimum absolute atomic E-state index is 0.160. The predicted molar refractivity (Wildman–Crippen MR) is 90.4 cm³/mol. The van der Waals surface area contributed by atoms with Crippen molar-refractivity contribution >= 4 is 17.4 Å². The van der Waals surface area contributed by atoms with Gasteiger partial charge in [0, 0.05) is 16.1 Å². The van der Waals surface area contributed by atoms with E-state index in [1.807, 2.05) is 23.9 Å². The van der Waals surface area contributed by atoms with Gasteiger partial charge in [-0.05, 0) is 37.8 Å². The highest BCUT2D eigenvalue weighted by molar-refractivity contribution is 7.99. The Morgan fingerprint density at radius 2 is 1.81 bits per heavy atom. The van der Waals surface area contributed by atoms with Gasteiger partial charge in [0.05, 0.1) is 6.04 Å². The summed E-state index contributed by atoms with van der Waals surface area (Å²) in [5, 5.41) is 3.69. The molecule has 0 fully saturated rings. The van der Waals surface area contributed by atoms with Gasteiger partial charge < -0.3 is 10.1 Å². The molecule has 2 aromatic rings. The summed E-state index contributed by atoms with van der Waals surface area (Å²) >= 11 is 1.86. The first-order valence-corrected chi connectivity index (χ1v) is 8.36. The number of fused-ring (bicyclic) bond motifs is 1. The van der Waals surface area contributed by atoms with Gasteiger partial charge in [0.1, 0.15) is 11.4 Å². The third-order valence-electron chi connectivity index (χ3n) is 3.78. The molecular formula is C18H21NOS. The molecule has 0 radical (unpaired) electrons. The highest BCUT2D eigenvalue weighted by atomic mass is 32.2. The van der Waals surface area contributed by atoms with Crippen LogP contribution in [-0.4, -0.2) is 11.4 Å². The Morgan fingerprint density at radius 1 is 1.10 bits per heavy atom. The maximum Gasteiger partial charge on any atom is 0.128 e. The second kappa shape index (κ2) is 5.64. The van der Waals surface area contributed by atoms with Crippen LogP contribution in [0.2, 0.25) is 0 Å². The van der Waals surface area contributed by atoms with Crippen LogP contribution < -0.4 is 10.1 Å². The minimum Gasteiger partial charge on any atom is -0.485 e. The first-order chi connectivity index (χ1) is 10.1. The van der Waals surface area contributed by atoms with Gasteiger partial charge in [-0.1, -0.05) is 37.3 Å². The van der Waals surface area contributed by atoms with Crippen molar-refractivity contribution in [2.75, 3.05) is 11.1 Å². The zero-order valence-corrected chi connectivity index (χ0v) is 13.5. The smallest absolute Gasteiger partial charge is 0.128 e. The van der Waals surface area contributed by atoms with Crippen LogP contribution in [0, 0.1) is 0 Å². The summed E-state index contributed by atoms with van der Waals surface area (Å²) in [7, 11) is 0. The summed E-state index contributed by atoms with van der Waals surface area (Å²) in [6, 6.07) is 16.9. The number of para-hydroxylation sites is 2. The number of anilines is 1. The van der Waals surface area contributed by atoms with E-state index < -0.39 is 0 Å². The Kier molecular flexibility index (Phi) is 3.85. The van der Waals surface area contributed by atoms with Gasteiger partial charge in [0.25, 0.3) is 0 Å². The lowest BCUT2D eigenvalue weighted by Crippen LogP contribution is -2.34. The zero-order valence-electron chi connectivity index (χ0n) is 12.7. The number of hydrogen-bond donors (Lipinski definition) is 1. The van der Waals surface area contributed by atoms with E-state index in [9.17, 15) is 0 Å². The van der Waals surface area contributed by atoms with Crippen LogP contribution in [0.1, 0.15) is 32.4 Å². The summed E-state index contributed by atoms with van der Waals surface area (Å²) in [6.07, 6.45) is 0. The fourth-order valence-electron chi connectivity index (χ4n) is 2.80. The van der Waals surface area contributed by atoms with Gasteiger partial charge in [0.2, 0.25) is 0 Å². The van der Waals surface area contributed by atoms with Crippen LogP contribution in [0.15, 0.2) is 53.4 Å². The van der Waals surface area contributed by atoms with Gasteiger partial charge in [-0.3, -0.25) is 0 Å². The summed E-state index contributed by atoms with van der Waals surface area (Å²) in [6.45, 7) is 6.46. The van der Waals surface area contributed by atoms with Crippen molar-refractivity contribution in [2.45, 2.75) is 37.3 Å². The lowest BCUT2D eigenvalue weighted by Gasteiger charge is -2.28. The highest BCUT2D eigenvalue weighted by Crippen LogP contribution is 2.45. The Morgan fingerprint density at radius 3 is 2.62 bits per heavy atom. The van der Waals surface area contributed by atoms with Crippen LogP contribution in [0.5, 0.6) is 5.75 Å². The number of rotatable bonds is 4. The highest BCUT2D eigenvalue weighted by Gasteiger charge is 2.41. The Balaban J connectivity index is 1.94. The van der Waals surface area contributed by atoms with Crippen molar-refractivity contribution in [1.82, 2.24) is 0 Å². The summed E-state index contributed by atoms with van der Waals surface area (Å²) in [5.74, 6) is 2.06. The van der Waals surface area contributed by atoms with Crippen molar-refractivity contribution in [3.63, 3.8) is 0 Å². The molecule has 21 heavy (non-hydrogen) atoms. The first-order valence-electron chi connectivity index (χ1n) is 7.38. The van der Waals surface area contributed by atoms with E-state index in [2.05, 4.69) is 62.5 Å². The standard InChI is InChI=1S/C18H21NOS/c1-4-21-16-12-8-6-10-14(16)19-17-13-9-5-7-11-15(13)20-18(17,2)3/h5-12,17,19H,4H2,1-3H3. The molecule has 0 amide bonds. The van der Waals surface area contributed by atoms with E-state index in [0.29, 0.717) is 0 Å². The van der Waals surface area contributed by atoms with Crippen molar-refractivity contribution in [3.05, 3.63) is 54.1 Å². The Hall–Kier alpha value is -1.61. The Bertz CT molecular complexity index is 639. The molecule has 1 atom stereocenters. The second-order valence-electron chi connectivity index (χ2n) is 5.75. The summed E-state index contributed by atoms with van der Waals surface area (Å²) < 4.78 is 6.11. The topological polar surface area (TPSA) is 21.3 Å². The Labute approximate surface area is 130 Å². The number of ether oxygens (including phenoxy) is 1. The minimum atomic E-state index is -0.256. The number of benzene rings is 2. The molecule has 1 heterocycles. The van der Waals surface area contributed by atoms with Gasteiger partial charge >= 0.3 is 0 Å². The average Bonchev–Trinajstić information content (AvgIpc) is 2.72. The summed E-state index contributed by atoms with van der Waals surface area (Å²) in [5.41, 5.74) is 2.16. The third kappa shape index (κ3) is 2.75. The normalized spacial score (nSPS) is 18.9. The van der Waals surface area contributed by atoms with Crippen molar-refractivity contribution in [3.8, 4) is 5.75 Å². The van der Waals surface area contributed by atoms with E-state index in [1.165, 1.54) is 16.1 Å². The van der Waals surface area contributed by atoms with Crippen molar-refractivity contribution in [2.24, 2.45) is 0 Å². The van der Waals surface area contributed by atoms with E-state index in [4.69, 9.17) is 4.74 Å². The number of nitrogens with one attached hydrogen (secondary N) is 1. The molecule has 0 saturated heterocycles. The molecule has 2 aromatic carbocycles. The number of thioether (sulfide) groups is 1. The van der Waals surface area contributed by atoms with Crippen LogP contribution in [0.25, 0.3) is 0 Å². The quantitative estimate of drug-likeness (QED) is 0.791. The zero-order chi connectivity index (χ0) is 14.9. The van der Waals surface area contributed by atoms with Crippen molar-refractivity contribution < 1.29 is 4.74 Å². The summed E-state index contributed by atoms with van der Waals surface area (Å²) in [4.78, 5) is 1.29. The van der Waals surface area contributed by atoms with E-state index in [0.717, 1.165) is 11.5 Å². The SMILES string of the molecule is CCSc1ccccc1NC1c2ccccc2OC1(C)C. The van der Waals surface area contributed by atoms with E-state index >= 15 is 0 Å². The molecule has 1 aliphatic heterocycles. The lowest BCUT2D eigenvalue weighted by atomic mass is 9.94. The molecule has 1 aliphatic rings. The number of hydrogen-bond acceptors (Lipinski definition) is 3. The van der Waals surface area contributed by atoms with Gasteiger partial charge in [-0.15, -0.1) is 11.8 Å². The maximum atomic E-state index is 6.11. The first kappa shape index (κ1) is 14.3. The van der Waals surface area contributed by atoms with Crippen LogP contribution in [0.3, 0.4) is 0 Å². The van der Waals surface area contributed by atoms with Crippen LogP contribution in [-0.2, 0) is 0 Å². The molecule has 0 bridgehead atoms. The van der Waals surface area contributed by atoms with Gasteiger partial charge in [0.15, 0.2) is 0 Å². The van der Waals surface area contributed by atoms with Gasteiger partial charge in [-0.2, -0.15) is 0 Å². The third-order valence-corrected chi connectivity index (χ3v) is 4.74. The molecule has 0 spiro atoms. The second-order valence-corrected chi connectivity index (χ2v) is 7.06. The molecular weight excluding hydrogens is 278 g/mol. The van der Waals surface area contributed by atoms with Crippen LogP contribution in [0.4, 0.5) is 5.69 Å². The largest absolute Gasteiger partial charge is 0.485 e. The van der Waals surface area contributed by atoms with Crippen molar-refractivity contribution in [1.29, 1.82) is 0 Å². The fourth-order valence-corrected chi connectivity index (χ4v) is 3.57. The van der Waals surface area contributed by atoms with E-state index in [-0.39, 0.29) is 11.6 Å². The van der Waals surface area contributed by atoms with Crippen LogP contribution >= 0.6 is 11.8 Å². The van der Waals surface area contributed by atoms with E-state index in [1.54, 1.807) is 0 Å². The molecule has 0 saturated carbocycles. The molecule has 0 aliphatic carbocycles. The molecule has 1 unspecified atom stereocenters. The molecule has 3 rings (SSSR count). The maximum absolute atomic E-state index is 6.11. The molecule has 1 N–H and O–H groups in total. The monoisotopic (exact) mass is 299 g/mol. The van der Waals surface area contributed by atoms with Gasteiger partial charge in [-0.25, -0.2) is 0 Å². The molecule has 0 aromatic heterocycles. The molecule has 110 valence electrons. The molecule has 3 heteroatoms. The fraction of sp³-hybridized carbons (Fsp3) is 0.333. The lowest BCUT2D eigenvalue weighted by molar-refractivity contribution is 0.118. The average molecular weight is 299 g/mol. The predicted octanol–water partition coefficient (Wildman–Crippen LogP) is 5.12. The molecule has 2 nitrogen and oxygen atoms in total.